The zero-order chi connectivity index (χ0) is 24.9. The van der Waals surface area contributed by atoms with Crippen LogP contribution >= 0.6 is 0 Å². The van der Waals surface area contributed by atoms with E-state index in [0.717, 1.165) is 0 Å². The maximum Gasteiger partial charge on any atom is 0.273 e. The maximum atomic E-state index is 14.5. The van der Waals surface area contributed by atoms with Gasteiger partial charge in [-0.05, 0) is 36.5 Å². The van der Waals surface area contributed by atoms with Crippen LogP contribution in [0, 0.1) is 22.6 Å². The first-order valence-electron chi connectivity index (χ1n) is 11.2. The molecule has 0 bridgehead atoms. The third-order valence-corrected chi connectivity index (χ3v) is 5.67. The number of carbonyl (C=O) groups excluding carboxylic acids is 2. The molecular formula is C26H29FN4O3. The van der Waals surface area contributed by atoms with Crippen LogP contribution in [0.2, 0.25) is 0 Å². The predicted molar refractivity (Wildman–Crippen MR) is 127 cm³/mol. The van der Waals surface area contributed by atoms with Gasteiger partial charge in [-0.1, -0.05) is 45.0 Å². The van der Waals surface area contributed by atoms with Crippen molar-refractivity contribution in [3.63, 3.8) is 0 Å². The molecule has 1 unspecified atom stereocenters. The van der Waals surface area contributed by atoms with E-state index in [1.807, 2.05) is 26.8 Å². The standard InChI is InChI=1S/C26H29FN4O3/c1-26(2,3)24(22(33)10-6-7-13-32)29-25(34)23-19-8-4-5-9-21(19)31(30-23)16-18-12-11-17(15-28)14-20(18)27/h4-5,8-9,11-12,14,24,32H,6-7,10,13,16H2,1-3H3,(H,29,34). The van der Waals surface area contributed by atoms with Crippen LogP contribution in [0.1, 0.15) is 61.6 Å². The molecule has 1 aromatic heterocycles. The van der Waals surface area contributed by atoms with E-state index in [1.54, 1.807) is 28.9 Å². The number of hydrogen-bond acceptors (Lipinski definition) is 5. The number of unbranched alkanes of at least 4 members (excludes halogenated alkanes) is 1. The molecule has 0 aliphatic rings. The van der Waals surface area contributed by atoms with Crippen molar-refractivity contribution >= 4 is 22.6 Å². The van der Waals surface area contributed by atoms with Gasteiger partial charge in [0, 0.05) is 24.0 Å². The van der Waals surface area contributed by atoms with Crippen molar-refractivity contribution in [2.45, 2.75) is 52.6 Å². The van der Waals surface area contributed by atoms with Crippen molar-refractivity contribution < 1.29 is 19.1 Å². The van der Waals surface area contributed by atoms with Crippen molar-refractivity contribution in [3.05, 3.63) is 65.1 Å². The van der Waals surface area contributed by atoms with E-state index < -0.39 is 23.2 Å². The number of aliphatic hydroxyl groups is 1. The minimum atomic E-state index is -0.724. The van der Waals surface area contributed by atoms with Crippen LogP contribution in [0.4, 0.5) is 4.39 Å². The van der Waals surface area contributed by atoms with E-state index >= 15 is 0 Å². The largest absolute Gasteiger partial charge is 0.396 e. The quantitative estimate of drug-likeness (QED) is 0.466. The molecule has 0 radical (unpaired) electrons. The number of fused-ring (bicyclic) bond motifs is 1. The third kappa shape index (κ3) is 5.67. The fourth-order valence-corrected chi connectivity index (χ4v) is 3.86. The number of aromatic nitrogens is 2. The van der Waals surface area contributed by atoms with E-state index in [0.29, 0.717) is 29.3 Å². The molecule has 7 nitrogen and oxygen atoms in total. The first-order valence-corrected chi connectivity index (χ1v) is 11.2. The molecule has 8 heteroatoms. The van der Waals surface area contributed by atoms with E-state index in [-0.39, 0.29) is 36.6 Å². The van der Waals surface area contributed by atoms with Crippen LogP contribution in [0.25, 0.3) is 10.9 Å². The summed E-state index contributed by atoms with van der Waals surface area (Å²) in [5.74, 6) is -1.10. The normalized spacial score (nSPS) is 12.4. The Balaban J connectivity index is 1.91. The number of carbonyl (C=O) groups is 2. The molecule has 0 fully saturated rings. The number of para-hydroxylation sites is 1. The Morgan fingerprint density at radius 1 is 1.21 bits per heavy atom. The Kier molecular flexibility index (Phi) is 7.79. The van der Waals surface area contributed by atoms with Gasteiger partial charge < -0.3 is 10.4 Å². The fraction of sp³-hybridized carbons (Fsp3) is 0.385. The lowest BCUT2D eigenvalue weighted by Crippen LogP contribution is -2.49. The SMILES string of the molecule is CC(C)(C)C(NC(=O)c1nn(Cc2ccc(C#N)cc2F)c2ccccc12)C(=O)CCCCO. The van der Waals surface area contributed by atoms with Crippen molar-refractivity contribution in [3.8, 4) is 6.07 Å². The monoisotopic (exact) mass is 464 g/mol. The van der Waals surface area contributed by atoms with E-state index in [2.05, 4.69) is 10.4 Å². The Labute approximate surface area is 198 Å². The highest BCUT2D eigenvalue weighted by atomic mass is 19.1. The van der Waals surface area contributed by atoms with Crippen LogP contribution < -0.4 is 5.32 Å². The third-order valence-electron chi connectivity index (χ3n) is 5.67. The van der Waals surface area contributed by atoms with Gasteiger partial charge in [0.15, 0.2) is 11.5 Å². The zero-order valence-electron chi connectivity index (χ0n) is 19.6. The molecule has 34 heavy (non-hydrogen) atoms. The number of ketones is 1. The highest BCUT2D eigenvalue weighted by Crippen LogP contribution is 2.25. The number of hydrogen-bond donors (Lipinski definition) is 2. The summed E-state index contributed by atoms with van der Waals surface area (Å²) in [6, 6.07) is 12.6. The summed E-state index contributed by atoms with van der Waals surface area (Å²) < 4.78 is 16.0. The van der Waals surface area contributed by atoms with Crippen LogP contribution in [0.3, 0.4) is 0 Å². The second-order valence-corrected chi connectivity index (χ2v) is 9.36. The molecule has 3 rings (SSSR count). The average Bonchev–Trinajstić information content (AvgIpc) is 3.16. The topological polar surface area (TPSA) is 108 Å². The Morgan fingerprint density at radius 3 is 2.59 bits per heavy atom. The second-order valence-electron chi connectivity index (χ2n) is 9.36. The van der Waals surface area contributed by atoms with Gasteiger partial charge in [-0.3, -0.25) is 14.3 Å². The van der Waals surface area contributed by atoms with Crippen LogP contribution in [0.15, 0.2) is 42.5 Å². The summed E-state index contributed by atoms with van der Waals surface area (Å²) in [6.45, 7) is 5.74. The summed E-state index contributed by atoms with van der Waals surface area (Å²) in [5, 5.41) is 25.9. The van der Waals surface area contributed by atoms with Crippen molar-refractivity contribution in [1.82, 2.24) is 15.1 Å². The number of benzene rings is 2. The number of rotatable bonds is 9. The number of nitriles is 1. The Bertz CT molecular complexity index is 1240. The van der Waals surface area contributed by atoms with Gasteiger partial charge >= 0.3 is 0 Å². The number of nitrogens with zero attached hydrogens (tertiary/aromatic N) is 3. The highest BCUT2D eigenvalue weighted by molar-refractivity contribution is 6.06. The number of Topliss-reactive ketones (excluding diaryl/α,β-unsaturated/α-hetero) is 1. The average molecular weight is 465 g/mol. The maximum absolute atomic E-state index is 14.5. The molecule has 1 atom stereocenters. The molecule has 0 spiro atoms. The van der Waals surface area contributed by atoms with Gasteiger partial charge in [0.2, 0.25) is 0 Å². The first-order chi connectivity index (χ1) is 16.2. The molecule has 0 aliphatic heterocycles. The number of aliphatic hydroxyl groups excluding tert-OH is 1. The molecule has 3 aromatic rings. The van der Waals surface area contributed by atoms with Gasteiger partial charge in [-0.2, -0.15) is 10.4 Å². The van der Waals surface area contributed by atoms with Crippen molar-refractivity contribution in [2.75, 3.05) is 6.61 Å². The van der Waals surface area contributed by atoms with Crippen LogP contribution in [0.5, 0.6) is 0 Å². The molecule has 0 aliphatic carbocycles. The molecule has 0 saturated carbocycles. The molecule has 1 amide bonds. The Morgan fingerprint density at radius 2 is 1.94 bits per heavy atom. The summed E-state index contributed by atoms with van der Waals surface area (Å²) in [7, 11) is 0. The molecule has 2 aromatic carbocycles. The fourth-order valence-electron chi connectivity index (χ4n) is 3.86. The van der Waals surface area contributed by atoms with E-state index in [9.17, 15) is 14.0 Å². The summed E-state index contributed by atoms with van der Waals surface area (Å²) >= 11 is 0. The minimum Gasteiger partial charge on any atom is -0.396 e. The lowest BCUT2D eigenvalue weighted by molar-refractivity contribution is -0.123. The van der Waals surface area contributed by atoms with Gasteiger partial charge in [0.1, 0.15) is 5.82 Å². The lowest BCUT2D eigenvalue weighted by Gasteiger charge is -2.30. The highest BCUT2D eigenvalue weighted by Gasteiger charge is 2.33. The van der Waals surface area contributed by atoms with Gasteiger partial charge in [0.05, 0.1) is 29.7 Å². The van der Waals surface area contributed by atoms with Gasteiger partial charge in [0.25, 0.3) is 5.91 Å². The smallest absolute Gasteiger partial charge is 0.273 e. The molecule has 1 heterocycles. The van der Waals surface area contributed by atoms with Crippen LogP contribution in [-0.2, 0) is 11.3 Å². The molecule has 178 valence electrons. The number of halogens is 1. The van der Waals surface area contributed by atoms with Crippen molar-refractivity contribution in [1.29, 1.82) is 5.26 Å². The van der Waals surface area contributed by atoms with Gasteiger partial charge in [-0.25, -0.2) is 4.39 Å². The first kappa shape index (κ1) is 25.1. The summed E-state index contributed by atoms with van der Waals surface area (Å²) in [5.41, 5.74) is 0.852. The van der Waals surface area contributed by atoms with E-state index in [1.165, 1.54) is 18.2 Å². The molecular weight excluding hydrogens is 435 g/mol. The van der Waals surface area contributed by atoms with Gasteiger partial charge in [-0.15, -0.1) is 0 Å². The van der Waals surface area contributed by atoms with Crippen LogP contribution in [-0.4, -0.2) is 39.2 Å². The number of amides is 1. The minimum absolute atomic E-state index is 0.0169. The second kappa shape index (κ2) is 10.6. The molecule has 0 saturated heterocycles. The molecule has 2 N–H and O–H groups in total. The number of nitrogens with one attached hydrogen (secondary N) is 1. The predicted octanol–water partition coefficient (Wildman–Crippen LogP) is 3.97. The lowest BCUT2D eigenvalue weighted by atomic mass is 9.82. The van der Waals surface area contributed by atoms with E-state index in [4.69, 9.17) is 10.4 Å². The summed E-state index contributed by atoms with van der Waals surface area (Å²) in [4.78, 5) is 26.1. The summed E-state index contributed by atoms with van der Waals surface area (Å²) in [6.07, 6.45) is 1.33. The zero-order valence-corrected chi connectivity index (χ0v) is 19.6. The Hall–Kier alpha value is -3.57. The van der Waals surface area contributed by atoms with Crippen molar-refractivity contribution in [2.24, 2.45) is 5.41 Å².